The van der Waals surface area contributed by atoms with Crippen molar-refractivity contribution in [2.45, 2.75) is 18.9 Å². The molecular formula is C6H14N2O3S. The highest BCUT2D eigenvalue weighted by molar-refractivity contribution is 7.88. The molecule has 0 atom stereocenters. The van der Waals surface area contributed by atoms with Gasteiger partial charge in [-0.25, -0.2) is 18.6 Å². The van der Waals surface area contributed by atoms with E-state index in [2.05, 4.69) is 4.84 Å². The molecule has 0 aliphatic carbocycles. The van der Waals surface area contributed by atoms with Crippen LogP contribution in [0.5, 0.6) is 0 Å². The van der Waals surface area contributed by atoms with Crippen LogP contribution in [0.25, 0.3) is 0 Å². The van der Waals surface area contributed by atoms with E-state index >= 15 is 0 Å². The first kappa shape index (κ1) is 9.91. The van der Waals surface area contributed by atoms with Crippen LogP contribution in [0, 0.1) is 0 Å². The smallest absolute Gasteiger partial charge is 0.211 e. The molecule has 0 aromatic heterocycles. The van der Waals surface area contributed by atoms with Crippen LogP contribution in [0.15, 0.2) is 0 Å². The molecule has 2 N–H and O–H groups in total. The third-order valence-electron chi connectivity index (χ3n) is 2.06. The van der Waals surface area contributed by atoms with E-state index in [4.69, 9.17) is 5.90 Å². The number of sulfonamides is 1. The van der Waals surface area contributed by atoms with Gasteiger partial charge in [0.05, 0.1) is 12.4 Å². The standard InChI is InChI=1S/C6H14N2O3S/c1-12(9,10)8-4-2-6(11-7)3-5-8/h6H,2-5,7H2,1H3. The van der Waals surface area contributed by atoms with Crippen LogP contribution in [-0.2, 0) is 14.9 Å². The molecular weight excluding hydrogens is 180 g/mol. The largest absolute Gasteiger partial charge is 0.301 e. The molecule has 0 aromatic carbocycles. The van der Waals surface area contributed by atoms with E-state index in [-0.39, 0.29) is 6.10 Å². The lowest BCUT2D eigenvalue weighted by Crippen LogP contribution is -2.40. The fourth-order valence-electron chi connectivity index (χ4n) is 1.30. The predicted molar refractivity (Wildman–Crippen MR) is 44.7 cm³/mol. The predicted octanol–water partition coefficient (Wildman–Crippen LogP) is -0.699. The SMILES string of the molecule is CS(=O)(=O)N1CCC(ON)CC1. The number of nitrogens with two attached hydrogens (primary N) is 1. The van der Waals surface area contributed by atoms with Crippen LogP contribution in [0.3, 0.4) is 0 Å². The number of hydrogen-bond acceptors (Lipinski definition) is 4. The van der Waals surface area contributed by atoms with E-state index in [9.17, 15) is 8.42 Å². The summed E-state index contributed by atoms with van der Waals surface area (Å²) in [5.41, 5.74) is 0. The molecule has 0 radical (unpaired) electrons. The monoisotopic (exact) mass is 194 g/mol. The maximum absolute atomic E-state index is 11.0. The van der Waals surface area contributed by atoms with Gasteiger partial charge in [-0.05, 0) is 12.8 Å². The molecule has 0 bridgehead atoms. The van der Waals surface area contributed by atoms with Crippen LogP contribution >= 0.6 is 0 Å². The molecule has 12 heavy (non-hydrogen) atoms. The van der Waals surface area contributed by atoms with E-state index in [1.54, 1.807) is 0 Å². The Hall–Kier alpha value is -0.170. The molecule has 1 saturated heterocycles. The average molecular weight is 194 g/mol. The number of hydrogen-bond donors (Lipinski definition) is 1. The lowest BCUT2D eigenvalue weighted by Gasteiger charge is -2.28. The molecule has 0 unspecified atom stereocenters. The van der Waals surface area contributed by atoms with Gasteiger partial charge < -0.3 is 4.84 Å². The highest BCUT2D eigenvalue weighted by Crippen LogP contribution is 2.14. The van der Waals surface area contributed by atoms with Gasteiger partial charge in [0.2, 0.25) is 10.0 Å². The van der Waals surface area contributed by atoms with Crippen molar-refractivity contribution >= 4 is 10.0 Å². The summed E-state index contributed by atoms with van der Waals surface area (Å²) in [6, 6.07) is 0. The van der Waals surface area contributed by atoms with Gasteiger partial charge in [-0.15, -0.1) is 0 Å². The van der Waals surface area contributed by atoms with E-state index < -0.39 is 10.0 Å². The van der Waals surface area contributed by atoms with Crippen molar-refractivity contribution in [3.05, 3.63) is 0 Å². The number of rotatable bonds is 2. The Morgan fingerprint density at radius 3 is 2.25 bits per heavy atom. The van der Waals surface area contributed by atoms with E-state index in [1.165, 1.54) is 10.6 Å². The molecule has 1 aliphatic rings. The van der Waals surface area contributed by atoms with Crippen molar-refractivity contribution in [1.29, 1.82) is 0 Å². The lowest BCUT2D eigenvalue weighted by atomic mass is 10.1. The molecule has 0 saturated carbocycles. The summed E-state index contributed by atoms with van der Waals surface area (Å²) >= 11 is 0. The van der Waals surface area contributed by atoms with Gasteiger partial charge in [0.1, 0.15) is 0 Å². The highest BCUT2D eigenvalue weighted by atomic mass is 32.2. The van der Waals surface area contributed by atoms with Gasteiger partial charge in [-0.1, -0.05) is 0 Å². The van der Waals surface area contributed by atoms with Crippen LogP contribution < -0.4 is 5.90 Å². The summed E-state index contributed by atoms with van der Waals surface area (Å²) in [6.45, 7) is 1.03. The minimum absolute atomic E-state index is 0.0167. The molecule has 0 spiro atoms. The summed E-state index contributed by atoms with van der Waals surface area (Å²) in [6.07, 6.45) is 2.60. The van der Waals surface area contributed by atoms with Crippen molar-refractivity contribution in [2.24, 2.45) is 5.90 Å². The van der Waals surface area contributed by atoms with Gasteiger partial charge >= 0.3 is 0 Å². The quantitative estimate of drug-likeness (QED) is 0.590. The number of nitrogens with zero attached hydrogens (tertiary/aromatic N) is 1. The fraction of sp³-hybridized carbons (Fsp3) is 1.00. The average Bonchev–Trinajstić information content (AvgIpc) is 2.03. The first-order chi connectivity index (χ1) is 5.54. The summed E-state index contributed by atoms with van der Waals surface area (Å²) < 4.78 is 23.5. The second kappa shape index (κ2) is 3.69. The van der Waals surface area contributed by atoms with E-state index in [0.29, 0.717) is 25.9 Å². The van der Waals surface area contributed by atoms with Gasteiger partial charge in [-0.3, -0.25) is 0 Å². The Morgan fingerprint density at radius 1 is 1.42 bits per heavy atom. The van der Waals surface area contributed by atoms with Crippen LogP contribution in [0.4, 0.5) is 0 Å². The maximum atomic E-state index is 11.0. The summed E-state index contributed by atoms with van der Waals surface area (Å²) in [5.74, 6) is 4.99. The molecule has 72 valence electrons. The molecule has 1 fully saturated rings. The Bertz CT molecular complexity index is 231. The summed E-state index contributed by atoms with van der Waals surface area (Å²) in [4.78, 5) is 4.63. The molecule has 1 rings (SSSR count). The van der Waals surface area contributed by atoms with Gasteiger partial charge in [0.15, 0.2) is 0 Å². The molecule has 1 heterocycles. The topological polar surface area (TPSA) is 72.6 Å². The number of piperidine rings is 1. The van der Waals surface area contributed by atoms with Crippen molar-refractivity contribution in [3.63, 3.8) is 0 Å². The zero-order valence-corrected chi connectivity index (χ0v) is 7.88. The second-order valence-corrected chi connectivity index (χ2v) is 4.98. The molecule has 0 amide bonds. The molecule has 0 aromatic rings. The first-order valence-corrected chi connectivity index (χ1v) is 5.69. The normalized spacial score (nSPS) is 22.8. The maximum Gasteiger partial charge on any atom is 0.211 e. The van der Waals surface area contributed by atoms with Crippen LogP contribution in [0.2, 0.25) is 0 Å². The van der Waals surface area contributed by atoms with Gasteiger partial charge in [0.25, 0.3) is 0 Å². The Balaban J connectivity index is 2.47. The van der Waals surface area contributed by atoms with Crippen molar-refractivity contribution in [2.75, 3.05) is 19.3 Å². The fourth-order valence-corrected chi connectivity index (χ4v) is 2.17. The highest BCUT2D eigenvalue weighted by Gasteiger charge is 2.24. The van der Waals surface area contributed by atoms with Crippen molar-refractivity contribution < 1.29 is 13.3 Å². The van der Waals surface area contributed by atoms with Crippen LogP contribution in [0.1, 0.15) is 12.8 Å². The third-order valence-corrected chi connectivity index (χ3v) is 3.37. The van der Waals surface area contributed by atoms with E-state index in [1.807, 2.05) is 0 Å². The lowest BCUT2D eigenvalue weighted by molar-refractivity contribution is 0.0206. The molecule has 6 heteroatoms. The Morgan fingerprint density at radius 2 is 1.92 bits per heavy atom. The zero-order chi connectivity index (χ0) is 9.19. The molecule has 1 aliphatic heterocycles. The zero-order valence-electron chi connectivity index (χ0n) is 7.06. The summed E-state index contributed by atoms with van der Waals surface area (Å²) in [5, 5.41) is 0. The Kier molecular flexibility index (Phi) is 3.05. The van der Waals surface area contributed by atoms with Crippen LogP contribution in [-0.4, -0.2) is 38.2 Å². The van der Waals surface area contributed by atoms with E-state index in [0.717, 1.165) is 0 Å². The van der Waals surface area contributed by atoms with Crippen molar-refractivity contribution in [3.8, 4) is 0 Å². The summed E-state index contributed by atoms with van der Waals surface area (Å²) in [7, 11) is -3.02. The second-order valence-electron chi connectivity index (χ2n) is 3.00. The van der Waals surface area contributed by atoms with Gasteiger partial charge in [-0.2, -0.15) is 0 Å². The van der Waals surface area contributed by atoms with Crippen molar-refractivity contribution in [1.82, 2.24) is 4.31 Å². The Labute approximate surface area is 72.5 Å². The molecule has 5 nitrogen and oxygen atoms in total. The minimum atomic E-state index is -3.02. The first-order valence-electron chi connectivity index (χ1n) is 3.84. The third kappa shape index (κ3) is 2.41. The van der Waals surface area contributed by atoms with Gasteiger partial charge in [0, 0.05) is 13.1 Å². The minimum Gasteiger partial charge on any atom is -0.301 e.